The summed E-state index contributed by atoms with van der Waals surface area (Å²) in [6, 6.07) is 1.06. The maximum atomic E-state index is 12.6. The molecule has 4 unspecified atom stereocenters. The summed E-state index contributed by atoms with van der Waals surface area (Å²) in [5, 5.41) is 3.44. The maximum absolute atomic E-state index is 12.6. The highest BCUT2D eigenvalue weighted by Gasteiger charge is 2.45. The van der Waals surface area contributed by atoms with Crippen molar-refractivity contribution in [3.05, 3.63) is 0 Å². The average molecular weight is 250 g/mol. The summed E-state index contributed by atoms with van der Waals surface area (Å²) in [6.45, 7) is 5.26. The van der Waals surface area contributed by atoms with Crippen molar-refractivity contribution < 1.29 is 4.79 Å². The fraction of sp³-hybridized carbons (Fsp3) is 0.933. The summed E-state index contributed by atoms with van der Waals surface area (Å²) in [6.07, 6.45) is 7.64. The smallest absolute Gasteiger partial charge is 0.239 e. The van der Waals surface area contributed by atoms with E-state index in [0.29, 0.717) is 18.0 Å². The molecule has 2 saturated carbocycles. The molecule has 18 heavy (non-hydrogen) atoms. The molecule has 1 amide bonds. The Hall–Kier alpha value is -0.570. The van der Waals surface area contributed by atoms with Crippen LogP contribution in [0.1, 0.15) is 52.4 Å². The molecular weight excluding hydrogens is 224 g/mol. The molecule has 3 nitrogen and oxygen atoms in total. The average Bonchev–Trinajstić information content (AvgIpc) is 2.93. The lowest BCUT2D eigenvalue weighted by Crippen LogP contribution is -2.56. The molecule has 1 heterocycles. The van der Waals surface area contributed by atoms with Crippen molar-refractivity contribution in [3.63, 3.8) is 0 Å². The monoisotopic (exact) mass is 250 g/mol. The molecule has 0 spiro atoms. The lowest BCUT2D eigenvalue weighted by atomic mass is 9.91. The minimum absolute atomic E-state index is 0.0814. The molecule has 0 aromatic carbocycles. The molecule has 4 atom stereocenters. The van der Waals surface area contributed by atoms with Gasteiger partial charge in [0.25, 0.3) is 0 Å². The summed E-state index contributed by atoms with van der Waals surface area (Å²) in [5.74, 6) is 2.12. The molecule has 0 aromatic rings. The summed E-state index contributed by atoms with van der Waals surface area (Å²) in [5.41, 5.74) is 0. The summed E-state index contributed by atoms with van der Waals surface area (Å²) < 4.78 is 0. The lowest BCUT2D eigenvalue weighted by Gasteiger charge is -2.40. The molecule has 3 fully saturated rings. The number of piperidine rings is 1. The topological polar surface area (TPSA) is 32.3 Å². The third kappa shape index (κ3) is 2.18. The number of carbonyl (C=O) groups excluding carboxylic acids is 1. The molecular formula is C15H26N2O. The number of fused-ring (bicyclic) bond motifs is 2. The van der Waals surface area contributed by atoms with E-state index in [1.165, 1.54) is 32.1 Å². The number of nitrogens with one attached hydrogen (secondary N) is 1. The quantitative estimate of drug-likeness (QED) is 0.832. The SMILES string of the molecule is CC(C)NC1CCCN(C2CC3CCC2C3)C1=O. The number of hydrogen-bond acceptors (Lipinski definition) is 2. The first-order valence-corrected chi connectivity index (χ1v) is 7.71. The molecule has 0 aromatic heterocycles. The Bertz CT molecular complexity index is 328. The van der Waals surface area contributed by atoms with Gasteiger partial charge in [-0.1, -0.05) is 20.3 Å². The standard InChI is InChI=1S/C15H26N2O/c1-10(2)16-13-4-3-7-17(15(13)18)14-9-11-5-6-12(14)8-11/h10-14,16H,3-9H2,1-2H3. The van der Waals surface area contributed by atoms with Crippen LogP contribution in [0.5, 0.6) is 0 Å². The van der Waals surface area contributed by atoms with Gasteiger partial charge in [0.1, 0.15) is 0 Å². The van der Waals surface area contributed by atoms with Gasteiger partial charge in [0.05, 0.1) is 6.04 Å². The van der Waals surface area contributed by atoms with Crippen molar-refractivity contribution in [1.29, 1.82) is 0 Å². The molecule has 3 rings (SSSR count). The lowest BCUT2D eigenvalue weighted by molar-refractivity contribution is -0.140. The minimum atomic E-state index is 0.0814. The second-order valence-corrected chi connectivity index (χ2v) is 6.79. The van der Waals surface area contributed by atoms with Crippen LogP contribution in [0, 0.1) is 11.8 Å². The Morgan fingerprint density at radius 3 is 2.67 bits per heavy atom. The van der Waals surface area contributed by atoms with E-state index in [1.807, 2.05) is 0 Å². The summed E-state index contributed by atoms with van der Waals surface area (Å²) in [4.78, 5) is 14.8. The van der Waals surface area contributed by atoms with Crippen LogP contribution in [0.2, 0.25) is 0 Å². The zero-order valence-electron chi connectivity index (χ0n) is 11.7. The highest BCUT2D eigenvalue weighted by molar-refractivity contribution is 5.83. The molecule has 3 aliphatic rings. The van der Waals surface area contributed by atoms with Crippen molar-refractivity contribution >= 4 is 5.91 Å². The van der Waals surface area contributed by atoms with Crippen LogP contribution in [0.15, 0.2) is 0 Å². The van der Waals surface area contributed by atoms with Crippen molar-refractivity contribution in [1.82, 2.24) is 10.2 Å². The van der Waals surface area contributed by atoms with E-state index in [9.17, 15) is 4.79 Å². The van der Waals surface area contributed by atoms with Crippen LogP contribution in [0.3, 0.4) is 0 Å². The molecule has 2 aliphatic carbocycles. The number of nitrogens with zero attached hydrogens (tertiary/aromatic N) is 1. The second-order valence-electron chi connectivity index (χ2n) is 6.79. The van der Waals surface area contributed by atoms with Gasteiger partial charge in [0.2, 0.25) is 5.91 Å². The maximum Gasteiger partial charge on any atom is 0.239 e. The first-order valence-electron chi connectivity index (χ1n) is 7.71. The summed E-state index contributed by atoms with van der Waals surface area (Å²) >= 11 is 0. The molecule has 1 saturated heterocycles. The Morgan fingerprint density at radius 2 is 2.06 bits per heavy atom. The normalized spacial score (nSPS) is 39.9. The number of rotatable bonds is 3. The number of carbonyl (C=O) groups is 1. The molecule has 102 valence electrons. The van der Waals surface area contributed by atoms with Gasteiger partial charge >= 0.3 is 0 Å². The predicted molar refractivity (Wildman–Crippen MR) is 72.2 cm³/mol. The van der Waals surface area contributed by atoms with E-state index in [0.717, 1.165) is 24.8 Å². The van der Waals surface area contributed by atoms with Gasteiger partial charge in [-0.25, -0.2) is 0 Å². The van der Waals surface area contributed by atoms with Gasteiger partial charge in [-0.3, -0.25) is 4.79 Å². The fourth-order valence-corrected chi connectivity index (χ4v) is 4.38. The molecule has 1 N–H and O–H groups in total. The second kappa shape index (κ2) is 4.84. The zero-order valence-corrected chi connectivity index (χ0v) is 11.7. The highest BCUT2D eigenvalue weighted by Crippen LogP contribution is 2.47. The van der Waals surface area contributed by atoms with Crippen LogP contribution in [0.25, 0.3) is 0 Å². The van der Waals surface area contributed by atoms with Crippen LogP contribution < -0.4 is 5.32 Å². The predicted octanol–water partition coefficient (Wildman–Crippen LogP) is 2.16. The van der Waals surface area contributed by atoms with Gasteiger partial charge in [-0.15, -0.1) is 0 Å². The van der Waals surface area contributed by atoms with Crippen LogP contribution in [-0.2, 0) is 4.79 Å². The summed E-state index contributed by atoms with van der Waals surface area (Å²) in [7, 11) is 0. The molecule has 1 aliphatic heterocycles. The van der Waals surface area contributed by atoms with E-state index in [4.69, 9.17) is 0 Å². The third-order valence-electron chi connectivity index (χ3n) is 5.11. The zero-order chi connectivity index (χ0) is 12.7. The van der Waals surface area contributed by atoms with Gasteiger partial charge < -0.3 is 10.2 Å². The van der Waals surface area contributed by atoms with E-state index in [-0.39, 0.29) is 6.04 Å². The van der Waals surface area contributed by atoms with E-state index < -0.39 is 0 Å². The van der Waals surface area contributed by atoms with E-state index in [2.05, 4.69) is 24.1 Å². The Kier molecular flexibility index (Phi) is 3.35. The third-order valence-corrected chi connectivity index (χ3v) is 5.11. The van der Waals surface area contributed by atoms with E-state index in [1.54, 1.807) is 0 Å². The molecule has 0 radical (unpaired) electrons. The Labute approximate surface area is 110 Å². The number of hydrogen-bond donors (Lipinski definition) is 1. The van der Waals surface area contributed by atoms with Crippen molar-refractivity contribution in [2.45, 2.75) is 70.5 Å². The van der Waals surface area contributed by atoms with Crippen molar-refractivity contribution in [3.8, 4) is 0 Å². The van der Waals surface area contributed by atoms with Crippen LogP contribution in [-0.4, -0.2) is 35.5 Å². The van der Waals surface area contributed by atoms with Gasteiger partial charge in [-0.05, 0) is 43.9 Å². The van der Waals surface area contributed by atoms with Crippen molar-refractivity contribution in [2.24, 2.45) is 11.8 Å². The molecule has 3 heteroatoms. The highest BCUT2D eigenvalue weighted by atomic mass is 16.2. The fourth-order valence-electron chi connectivity index (χ4n) is 4.38. The van der Waals surface area contributed by atoms with Gasteiger partial charge in [0, 0.05) is 18.6 Å². The first-order chi connectivity index (χ1) is 8.65. The Balaban J connectivity index is 1.67. The van der Waals surface area contributed by atoms with Crippen LogP contribution in [0.4, 0.5) is 0 Å². The van der Waals surface area contributed by atoms with Gasteiger partial charge in [-0.2, -0.15) is 0 Å². The minimum Gasteiger partial charge on any atom is -0.338 e. The van der Waals surface area contributed by atoms with Crippen LogP contribution >= 0.6 is 0 Å². The Morgan fingerprint density at radius 1 is 1.22 bits per heavy atom. The molecule has 2 bridgehead atoms. The first kappa shape index (κ1) is 12.5. The number of amides is 1. The van der Waals surface area contributed by atoms with Crippen molar-refractivity contribution in [2.75, 3.05) is 6.54 Å². The number of likely N-dealkylation sites (tertiary alicyclic amines) is 1. The van der Waals surface area contributed by atoms with Gasteiger partial charge in [0.15, 0.2) is 0 Å². The van der Waals surface area contributed by atoms with E-state index >= 15 is 0 Å². The largest absolute Gasteiger partial charge is 0.338 e.